The summed E-state index contributed by atoms with van der Waals surface area (Å²) in [6, 6.07) is -0.414. The molecule has 1 amide bonds. The third-order valence-electron chi connectivity index (χ3n) is 1.28. The van der Waals surface area contributed by atoms with Crippen molar-refractivity contribution in [1.29, 1.82) is 0 Å². The van der Waals surface area contributed by atoms with Crippen LogP contribution in [0.2, 0.25) is 0 Å². The Morgan fingerprint density at radius 2 is 2.21 bits per heavy atom. The lowest BCUT2D eigenvalue weighted by atomic mass is 10.2. The Balaban J connectivity index is 4.41. The molecule has 0 aliphatic carbocycles. The van der Waals surface area contributed by atoms with Crippen LogP contribution in [0.25, 0.3) is 0 Å². The van der Waals surface area contributed by atoms with Gasteiger partial charge in [0.2, 0.25) is 0 Å². The van der Waals surface area contributed by atoms with Gasteiger partial charge in [0.15, 0.2) is 0 Å². The van der Waals surface area contributed by atoms with Crippen LogP contribution in [0.5, 0.6) is 0 Å². The summed E-state index contributed by atoms with van der Waals surface area (Å²) in [4.78, 5) is 10.6. The summed E-state index contributed by atoms with van der Waals surface area (Å²) in [6.45, 7) is 2.89. The molecule has 0 aromatic heterocycles. The van der Waals surface area contributed by atoms with Crippen LogP contribution >= 0.6 is 0 Å². The van der Waals surface area contributed by atoms with E-state index >= 15 is 0 Å². The molecule has 0 aromatic rings. The van der Waals surface area contributed by atoms with Crippen molar-refractivity contribution in [2.45, 2.75) is 26.3 Å². The molecule has 80 valence electrons. The van der Waals surface area contributed by atoms with E-state index in [9.17, 15) is 9.00 Å². The average molecular weight is 217 g/mol. The highest BCUT2D eigenvalue weighted by Crippen LogP contribution is 1.94. The first-order valence-corrected chi connectivity index (χ1v) is 5.80. The van der Waals surface area contributed by atoms with Gasteiger partial charge in [-0.3, -0.25) is 4.79 Å². The maximum atomic E-state index is 11.4. The summed E-state index contributed by atoms with van der Waals surface area (Å²) in [5.74, 6) is 4.84. The number of hydrogen-bond donors (Lipinski definition) is 2. The molecule has 0 radical (unpaired) electrons. The normalized spacial score (nSPS) is 16.0. The van der Waals surface area contributed by atoms with Crippen molar-refractivity contribution in [3.05, 3.63) is 0 Å². The molecule has 0 rings (SSSR count). The largest absolute Gasteiger partial charge is 0.326 e. The van der Waals surface area contributed by atoms with E-state index in [0.29, 0.717) is 6.42 Å². The average Bonchev–Trinajstić information content (AvgIpc) is 1.96. The van der Waals surface area contributed by atoms with E-state index in [-0.39, 0.29) is 5.75 Å². The summed E-state index contributed by atoms with van der Waals surface area (Å²) >= 11 is 0. The lowest BCUT2D eigenvalue weighted by Crippen LogP contribution is -2.33. The number of carbonyl (C=O) groups excluding carboxylic acids is 1. The molecule has 6 heteroatoms. The fourth-order valence-corrected chi connectivity index (χ4v) is 2.09. The smallest absolute Gasteiger partial charge is 0.251 e. The van der Waals surface area contributed by atoms with Crippen LogP contribution in [0.4, 0.5) is 0 Å². The second kappa shape index (κ2) is 5.75. The predicted octanol–water partition coefficient (Wildman–Crippen LogP) is -0.385. The first kappa shape index (κ1) is 13.1. The first-order valence-electron chi connectivity index (χ1n) is 4.05. The van der Waals surface area contributed by atoms with Crippen molar-refractivity contribution in [3.63, 3.8) is 0 Å². The zero-order valence-corrected chi connectivity index (χ0v) is 9.13. The minimum absolute atomic E-state index is 0.0126. The quantitative estimate of drug-likeness (QED) is 0.630. The second-order valence-corrected chi connectivity index (χ2v) is 4.75. The first-order chi connectivity index (χ1) is 6.37. The number of nitrogens with two attached hydrogens (primary N) is 2. The van der Waals surface area contributed by atoms with Gasteiger partial charge in [-0.2, -0.15) is 0 Å². The molecule has 0 aromatic carbocycles. The standard InChI is InChI=1S/C8H15N3O2S/c1-3-4-5-8(9)6-14(10,13)11-7(2)12/h8H,5-6,9H2,1-2H3,(H2,10,11,12,13)/t8-,14-/m0/s1. The van der Waals surface area contributed by atoms with Crippen LogP contribution in [-0.4, -0.2) is 21.9 Å². The molecule has 0 saturated heterocycles. The SMILES string of the molecule is CC#CC[C@H](N)C[S@@](N)(=O)=NC(C)=O. The zero-order valence-electron chi connectivity index (χ0n) is 8.32. The molecule has 0 aliphatic rings. The topological polar surface area (TPSA) is 98.5 Å². The van der Waals surface area contributed by atoms with Crippen molar-refractivity contribution < 1.29 is 9.00 Å². The second-order valence-electron chi connectivity index (χ2n) is 2.86. The Bertz CT molecular complexity index is 372. The predicted molar refractivity (Wildman–Crippen MR) is 56.3 cm³/mol. The number of hydrogen-bond acceptors (Lipinski definition) is 3. The lowest BCUT2D eigenvalue weighted by Gasteiger charge is -2.08. The van der Waals surface area contributed by atoms with Gasteiger partial charge >= 0.3 is 0 Å². The van der Waals surface area contributed by atoms with Gasteiger partial charge in [-0.25, -0.2) is 9.35 Å². The van der Waals surface area contributed by atoms with E-state index in [4.69, 9.17) is 10.9 Å². The van der Waals surface area contributed by atoms with Gasteiger partial charge in [0, 0.05) is 19.4 Å². The van der Waals surface area contributed by atoms with Crippen molar-refractivity contribution >= 4 is 15.8 Å². The van der Waals surface area contributed by atoms with Crippen LogP contribution in [0.3, 0.4) is 0 Å². The van der Waals surface area contributed by atoms with E-state index in [2.05, 4.69) is 16.2 Å². The fourth-order valence-electron chi connectivity index (χ4n) is 0.854. The molecule has 0 saturated carbocycles. The molecule has 2 atom stereocenters. The molecular formula is C8H15N3O2S. The molecular weight excluding hydrogens is 202 g/mol. The zero-order chi connectivity index (χ0) is 11.2. The summed E-state index contributed by atoms with van der Waals surface area (Å²) in [6.07, 6.45) is 0.401. The van der Waals surface area contributed by atoms with Crippen LogP contribution < -0.4 is 10.9 Å². The Morgan fingerprint density at radius 1 is 1.64 bits per heavy atom. The van der Waals surface area contributed by atoms with E-state index in [1.165, 1.54) is 6.92 Å². The Kier molecular flexibility index (Phi) is 5.38. The summed E-state index contributed by atoms with van der Waals surface area (Å²) in [5, 5.41) is 5.30. The van der Waals surface area contributed by atoms with Crippen molar-refractivity contribution in [2.24, 2.45) is 15.2 Å². The highest BCUT2D eigenvalue weighted by Gasteiger charge is 2.10. The van der Waals surface area contributed by atoms with Crippen molar-refractivity contribution in [1.82, 2.24) is 0 Å². The fraction of sp³-hybridized carbons (Fsp3) is 0.625. The Morgan fingerprint density at radius 3 is 2.64 bits per heavy atom. The highest BCUT2D eigenvalue weighted by atomic mass is 32.2. The molecule has 0 heterocycles. The number of carbonyl (C=O) groups is 1. The number of amides is 1. The van der Waals surface area contributed by atoms with Gasteiger partial charge in [0.05, 0.1) is 5.75 Å². The van der Waals surface area contributed by atoms with E-state index in [1.54, 1.807) is 6.92 Å². The van der Waals surface area contributed by atoms with Gasteiger partial charge < -0.3 is 5.73 Å². The monoisotopic (exact) mass is 217 g/mol. The molecule has 14 heavy (non-hydrogen) atoms. The molecule has 0 spiro atoms. The van der Waals surface area contributed by atoms with Crippen LogP contribution in [0, 0.1) is 11.8 Å². The van der Waals surface area contributed by atoms with E-state index in [1.807, 2.05) is 0 Å². The van der Waals surface area contributed by atoms with E-state index in [0.717, 1.165) is 0 Å². The van der Waals surface area contributed by atoms with E-state index < -0.39 is 21.9 Å². The number of nitrogens with zero attached hydrogens (tertiary/aromatic N) is 1. The minimum Gasteiger partial charge on any atom is -0.326 e. The number of rotatable bonds is 3. The molecule has 4 N–H and O–H groups in total. The summed E-state index contributed by atoms with van der Waals surface area (Å²) < 4.78 is 14.7. The van der Waals surface area contributed by atoms with Crippen LogP contribution in [0.1, 0.15) is 20.3 Å². The minimum atomic E-state index is -2.98. The van der Waals surface area contributed by atoms with Crippen LogP contribution in [0.15, 0.2) is 4.36 Å². The third kappa shape index (κ3) is 6.60. The van der Waals surface area contributed by atoms with Gasteiger partial charge in [-0.1, -0.05) is 0 Å². The Labute approximate surface area is 84.5 Å². The maximum Gasteiger partial charge on any atom is 0.251 e. The van der Waals surface area contributed by atoms with Gasteiger partial charge in [-0.15, -0.1) is 16.2 Å². The van der Waals surface area contributed by atoms with Gasteiger partial charge in [0.25, 0.3) is 5.91 Å². The summed E-state index contributed by atoms with van der Waals surface area (Å²) in [5.41, 5.74) is 5.59. The molecule has 0 fully saturated rings. The van der Waals surface area contributed by atoms with Crippen LogP contribution in [-0.2, 0) is 14.7 Å². The molecule has 0 aliphatic heterocycles. The van der Waals surface area contributed by atoms with Crippen molar-refractivity contribution in [3.8, 4) is 11.8 Å². The van der Waals surface area contributed by atoms with Gasteiger partial charge in [-0.05, 0) is 6.92 Å². The molecule has 5 nitrogen and oxygen atoms in total. The van der Waals surface area contributed by atoms with Crippen molar-refractivity contribution in [2.75, 3.05) is 5.75 Å². The third-order valence-corrected chi connectivity index (χ3v) is 2.75. The molecule has 0 bridgehead atoms. The molecule has 0 unspecified atom stereocenters. The van der Waals surface area contributed by atoms with Gasteiger partial charge in [0.1, 0.15) is 9.92 Å². The maximum absolute atomic E-state index is 11.4. The summed E-state index contributed by atoms with van der Waals surface area (Å²) in [7, 11) is -2.98. The highest BCUT2D eigenvalue weighted by molar-refractivity contribution is 7.91. The lowest BCUT2D eigenvalue weighted by molar-refractivity contribution is -0.115. The Hall–Kier alpha value is -0.900.